The Morgan fingerprint density at radius 2 is 2.19 bits per heavy atom. The van der Waals surface area contributed by atoms with Gasteiger partial charge in [-0.3, -0.25) is 0 Å². The molecule has 0 saturated carbocycles. The summed E-state index contributed by atoms with van der Waals surface area (Å²) >= 11 is 4.27. The molecule has 1 unspecified atom stereocenters. The first-order valence-electron chi connectivity index (χ1n) is 6.27. The van der Waals surface area contributed by atoms with Gasteiger partial charge in [0.25, 0.3) is 0 Å². The summed E-state index contributed by atoms with van der Waals surface area (Å²) in [5, 5.41) is 11.1. The third-order valence-electron chi connectivity index (χ3n) is 3.13. The fraction of sp³-hybridized carbons (Fsp3) is 0.231. The Balaban J connectivity index is 2.11. The molecule has 7 nitrogen and oxygen atoms in total. The summed E-state index contributed by atoms with van der Waals surface area (Å²) in [5.41, 5.74) is 1.63. The molecule has 0 bridgehead atoms. The van der Waals surface area contributed by atoms with Crippen molar-refractivity contribution >= 4 is 29.5 Å². The molecule has 108 valence electrons. The number of nitrogens with zero attached hydrogens (tertiary/aromatic N) is 3. The van der Waals surface area contributed by atoms with Gasteiger partial charge in [0, 0.05) is 12.7 Å². The average molecular weight is 304 g/mol. The highest BCUT2D eigenvalue weighted by atomic mass is 32.1. The maximum atomic E-state index is 11.1. The van der Waals surface area contributed by atoms with Crippen molar-refractivity contribution in [3.05, 3.63) is 51.8 Å². The average Bonchev–Trinajstić information content (AvgIpc) is 3.03. The molecule has 0 aliphatic rings. The van der Waals surface area contributed by atoms with Crippen LogP contribution in [0, 0.1) is 17.0 Å². The van der Waals surface area contributed by atoms with Crippen molar-refractivity contribution in [2.45, 2.75) is 12.8 Å². The Bertz CT molecular complexity index is 778. The summed E-state index contributed by atoms with van der Waals surface area (Å²) in [4.78, 5) is 21.9. The molecule has 1 atom stereocenters. The highest BCUT2D eigenvalue weighted by Gasteiger charge is 2.30. The van der Waals surface area contributed by atoms with Crippen LogP contribution in [-0.4, -0.2) is 25.6 Å². The van der Waals surface area contributed by atoms with Gasteiger partial charge >= 0.3 is 5.82 Å². The number of imidazole rings is 1. The van der Waals surface area contributed by atoms with Gasteiger partial charge < -0.3 is 14.5 Å². The smallest absolute Gasteiger partial charge is 0.344 e. The Labute approximate surface area is 125 Å². The molecule has 21 heavy (non-hydrogen) atoms. The number of fused-ring (bicyclic) bond motifs is 1. The van der Waals surface area contributed by atoms with Crippen LogP contribution in [0.1, 0.15) is 23.3 Å². The molecule has 0 fully saturated rings. The molecule has 1 N–H and O–H groups in total. The number of benzene rings is 1. The van der Waals surface area contributed by atoms with Gasteiger partial charge in [-0.25, -0.2) is 15.0 Å². The number of rotatable bonds is 4. The summed E-state index contributed by atoms with van der Waals surface area (Å²) < 4.78 is 5.68. The molecular weight excluding hydrogens is 292 g/mol. The number of aromatic nitrogens is 3. The summed E-state index contributed by atoms with van der Waals surface area (Å²) in [6.07, 6.45) is 0. The van der Waals surface area contributed by atoms with Crippen LogP contribution >= 0.6 is 12.6 Å². The molecule has 0 saturated heterocycles. The summed E-state index contributed by atoms with van der Waals surface area (Å²) in [6.45, 7) is 1.66. The number of nitrogens with one attached hydrogen (secondary N) is 1. The molecule has 0 aliphatic heterocycles. The van der Waals surface area contributed by atoms with E-state index in [-0.39, 0.29) is 5.82 Å². The van der Waals surface area contributed by atoms with Gasteiger partial charge in [0.2, 0.25) is 5.89 Å². The first-order valence-corrected chi connectivity index (χ1v) is 6.90. The minimum atomic E-state index is -0.492. The number of hydrogen-bond donors (Lipinski definition) is 2. The van der Waals surface area contributed by atoms with Gasteiger partial charge in [-0.1, -0.05) is 12.1 Å². The highest BCUT2D eigenvalue weighted by molar-refractivity contribution is 7.80. The fourth-order valence-corrected chi connectivity index (χ4v) is 2.53. The molecular formula is C13H12N4O3S. The maximum Gasteiger partial charge on any atom is 0.344 e. The largest absolute Gasteiger partial charge is 0.440 e. The van der Waals surface area contributed by atoms with Crippen LogP contribution < -0.4 is 0 Å². The number of thiol groups is 1. The molecule has 3 aromatic rings. The minimum Gasteiger partial charge on any atom is -0.440 e. The molecule has 2 aromatic heterocycles. The maximum absolute atomic E-state index is 11.1. The van der Waals surface area contributed by atoms with Gasteiger partial charge in [0.1, 0.15) is 5.52 Å². The lowest BCUT2D eigenvalue weighted by Crippen LogP contribution is -2.07. The zero-order chi connectivity index (χ0) is 15.0. The summed E-state index contributed by atoms with van der Waals surface area (Å²) in [5.74, 6) is 0.526. The number of aryl methyl sites for hydroxylation is 1. The topological polar surface area (TPSA) is 97.8 Å². The second-order valence-corrected chi connectivity index (χ2v) is 4.93. The summed E-state index contributed by atoms with van der Waals surface area (Å²) in [6, 6.07) is 7.31. The number of nitro groups is 1. The van der Waals surface area contributed by atoms with Crippen LogP contribution in [0.5, 0.6) is 0 Å². The molecule has 0 spiro atoms. The van der Waals surface area contributed by atoms with Crippen LogP contribution in [0.15, 0.2) is 28.7 Å². The molecule has 3 rings (SSSR count). The van der Waals surface area contributed by atoms with Gasteiger partial charge in [0.05, 0.1) is 5.92 Å². The van der Waals surface area contributed by atoms with E-state index in [2.05, 4.69) is 27.6 Å². The van der Waals surface area contributed by atoms with Crippen molar-refractivity contribution in [2.75, 3.05) is 5.75 Å². The Morgan fingerprint density at radius 3 is 2.86 bits per heavy atom. The zero-order valence-electron chi connectivity index (χ0n) is 11.1. The van der Waals surface area contributed by atoms with Crippen LogP contribution in [0.25, 0.3) is 11.1 Å². The number of oxazole rings is 1. The second-order valence-electron chi connectivity index (χ2n) is 4.57. The predicted molar refractivity (Wildman–Crippen MR) is 79.7 cm³/mol. The van der Waals surface area contributed by atoms with E-state index in [4.69, 9.17) is 4.42 Å². The second kappa shape index (κ2) is 5.21. The van der Waals surface area contributed by atoms with Gasteiger partial charge in [-0.05, 0) is 17.1 Å². The summed E-state index contributed by atoms with van der Waals surface area (Å²) in [7, 11) is 0. The Hall–Kier alpha value is -2.35. The third-order valence-corrected chi connectivity index (χ3v) is 3.50. The van der Waals surface area contributed by atoms with E-state index < -0.39 is 10.8 Å². The van der Waals surface area contributed by atoms with Crippen LogP contribution in [-0.2, 0) is 0 Å². The molecule has 2 heterocycles. The first-order chi connectivity index (χ1) is 10.1. The normalized spacial score (nSPS) is 12.7. The number of para-hydroxylation sites is 2. The van der Waals surface area contributed by atoms with Crippen molar-refractivity contribution in [3.63, 3.8) is 0 Å². The van der Waals surface area contributed by atoms with E-state index in [0.717, 1.165) is 0 Å². The number of hydrogen-bond acceptors (Lipinski definition) is 6. The van der Waals surface area contributed by atoms with Crippen molar-refractivity contribution in [1.29, 1.82) is 0 Å². The van der Waals surface area contributed by atoms with Crippen molar-refractivity contribution < 1.29 is 9.34 Å². The lowest BCUT2D eigenvalue weighted by molar-refractivity contribution is -0.390. The number of H-pyrrole nitrogens is 1. The van der Waals surface area contributed by atoms with E-state index in [1.165, 1.54) is 0 Å². The fourth-order valence-electron chi connectivity index (χ4n) is 2.20. The van der Waals surface area contributed by atoms with E-state index in [1.54, 1.807) is 13.0 Å². The van der Waals surface area contributed by atoms with Crippen LogP contribution in [0.4, 0.5) is 5.82 Å². The van der Waals surface area contributed by atoms with Crippen molar-refractivity contribution in [3.8, 4) is 0 Å². The van der Waals surface area contributed by atoms with Crippen LogP contribution in [0.2, 0.25) is 0 Å². The van der Waals surface area contributed by atoms with Crippen molar-refractivity contribution in [2.24, 2.45) is 0 Å². The van der Waals surface area contributed by atoms with Crippen LogP contribution in [0.3, 0.4) is 0 Å². The predicted octanol–water partition coefficient (Wildman–Crippen LogP) is 2.83. The molecule has 8 heteroatoms. The quantitative estimate of drug-likeness (QED) is 0.439. The van der Waals surface area contributed by atoms with Gasteiger partial charge in [-0.15, -0.1) is 0 Å². The van der Waals surface area contributed by atoms with Crippen molar-refractivity contribution in [1.82, 2.24) is 15.0 Å². The molecule has 0 radical (unpaired) electrons. The Kier molecular flexibility index (Phi) is 3.38. The lowest BCUT2D eigenvalue weighted by atomic mass is 10.1. The minimum absolute atomic E-state index is 0.145. The highest BCUT2D eigenvalue weighted by Crippen LogP contribution is 2.32. The Morgan fingerprint density at radius 1 is 1.43 bits per heavy atom. The third kappa shape index (κ3) is 2.38. The van der Waals surface area contributed by atoms with E-state index in [0.29, 0.717) is 34.3 Å². The van der Waals surface area contributed by atoms with E-state index in [9.17, 15) is 10.1 Å². The molecule has 0 amide bonds. The number of aromatic amines is 1. The molecule has 0 aliphatic carbocycles. The monoisotopic (exact) mass is 304 g/mol. The van der Waals surface area contributed by atoms with E-state index >= 15 is 0 Å². The standard InChI is InChI=1S/C13H12N4O3S/c1-7-14-11(12(15-7)17(18)19)8(6-21)13-16-9-4-2-3-5-10(9)20-13/h2-5,8,21H,6H2,1H3,(H,14,15). The molecule has 1 aromatic carbocycles. The SMILES string of the molecule is Cc1nc(C(CS)c2nc3ccccc3o2)c([N+](=O)[O-])[nH]1. The van der Waals surface area contributed by atoms with E-state index in [1.807, 2.05) is 18.2 Å². The van der Waals surface area contributed by atoms with Gasteiger partial charge in [-0.2, -0.15) is 12.6 Å². The van der Waals surface area contributed by atoms with Gasteiger partial charge in [0.15, 0.2) is 17.1 Å². The lowest BCUT2D eigenvalue weighted by Gasteiger charge is -2.06. The first kappa shape index (κ1) is 13.6. The zero-order valence-corrected chi connectivity index (χ0v) is 12.0.